The average molecular weight is 196 g/mol. The van der Waals surface area contributed by atoms with Gasteiger partial charge in [0.05, 0.1) is 6.21 Å². The van der Waals surface area contributed by atoms with E-state index in [1.54, 1.807) is 0 Å². The summed E-state index contributed by atoms with van der Waals surface area (Å²) in [6, 6.07) is 0. The Bertz CT molecular complexity index is 320. The minimum absolute atomic E-state index is 0.0591. The molecule has 71 valence electrons. The zero-order chi connectivity index (χ0) is 9.47. The fraction of sp³-hybridized carbons (Fsp3) is 0.500. The lowest BCUT2D eigenvalue weighted by Gasteiger charge is -2.24. The van der Waals surface area contributed by atoms with E-state index in [-0.39, 0.29) is 5.41 Å². The van der Waals surface area contributed by atoms with Crippen molar-refractivity contribution in [1.82, 2.24) is 0 Å². The average Bonchev–Trinajstić information content (AvgIpc) is 2.48. The van der Waals surface area contributed by atoms with E-state index in [0.29, 0.717) is 0 Å². The summed E-state index contributed by atoms with van der Waals surface area (Å²) in [5, 5.41) is 3.91. The van der Waals surface area contributed by atoms with Crippen LogP contribution >= 0.6 is 11.8 Å². The highest BCUT2D eigenvalue weighted by molar-refractivity contribution is 8.03. The van der Waals surface area contributed by atoms with Crippen LogP contribution in [0.4, 0.5) is 0 Å². The second-order valence-electron chi connectivity index (χ2n) is 4.25. The number of rotatable bonds is 0. The lowest BCUT2D eigenvalue weighted by Crippen LogP contribution is -2.15. The van der Waals surface area contributed by atoms with Gasteiger partial charge in [-0.25, -0.2) is 0 Å². The summed E-state index contributed by atoms with van der Waals surface area (Å²) in [6.07, 6.45) is 4.03. The molecule has 0 aromatic rings. The van der Waals surface area contributed by atoms with E-state index in [2.05, 4.69) is 32.0 Å². The van der Waals surface area contributed by atoms with Gasteiger partial charge in [-0.2, -0.15) is 11.8 Å². The van der Waals surface area contributed by atoms with Crippen molar-refractivity contribution >= 4 is 18.0 Å². The summed E-state index contributed by atoms with van der Waals surface area (Å²) in [5.74, 6) is 2.13. The molecular formula is C10H14NOS. The zero-order valence-corrected chi connectivity index (χ0v) is 9.06. The topological polar surface area (TPSA) is 21.6 Å². The van der Waals surface area contributed by atoms with Gasteiger partial charge in [0, 0.05) is 21.6 Å². The number of oxime groups is 1. The van der Waals surface area contributed by atoms with Crippen molar-refractivity contribution < 1.29 is 4.84 Å². The van der Waals surface area contributed by atoms with E-state index < -0.39 is 0 Å². The molecule has 0 N–H and O–H groups in total. The maximum atomic E-state index is 5.36. The van der Waals surface area contributed by atoms with E-state index >= 15 is 0 Å². The first-order chi connectivity index (χ1) is 6.09. The van der Waals surface area contributed by atoms with Crippen LogP contribution in [0.3, 0.4) is 0 Å². The van der Waals surface area contributed by atoms with E-state index in [9.17, 15) is 0 Å². The molecule has 2 rings (SSSR count). The van der Waals surface area contributed by atoms with Crippen molar-refractivity contribution in [3.05, 3.63) is 22.3 Å². The molecule has 0 spiro atoms. The smallest absolute Gasteiger partial charge is 0.153 e. The first-order valence-corrected chi connectivity index (χ1v) is 5.50. The molecular weight excluding hydrogens is 182 g/mol. The summed E-state index contributed by atoms with van der Waals surface area (Å²) < 4.78 is 0. The lowest BCUT2D eigenvalue weighted by molar-refractivity contribution is 0.158. The minimum Gasteiger partial charge on any atom is -0.360 e. The van der Waals surface area contributed by atoms with Crippen LogP contribution in [0.15, 0.2) is 27.5 Å². The van der Waals surface area contributed by atoms with Gasteiger partial charge >= 0.3 is 0 Å². The van der Waals surface area contributed by atoms with Crippen molar-refractivity contribution in [3.63, 3.8) is 0 Å². The first kappa shape index (κ1) is 8.88. The Labute approximate surface area is 82.7 Å². The van der Waals surface area contributed by atoms with E-state index in [1.165, 1.54) is 22.2 Å². The third-order valence-electron chi connectivity index (χ3n) is 2.07. The van der Waals surface area contributed by atoms with Gasteiger partial charge in [0.2, 0.25) is 0 Å². The van der Waals surface area contributed by atoms with E-state index in [1.807, 2.05) is 6.21 Å². The monoisotopic (exact) mass is 196 g/mol. The van der Waals surface area contributed by atoms with Crippen LogP contribution in [0.5, 0.6) is 0 Å². The van der Waals surface area contributed by atoms with Crippen LogP contribution < -0.4 is 0 Å². The molecule has 0 aromatic heterocycles. The van der Waals surface area contributed by atoms with Crippen molar-refractivity contribution in [1.29, 1.82) is 0 Å². The third kappa shape index (κ3) is 1.53. The molecule has 0 aromatic carbocycles. The standard InChI is InChI=1S/C10H14NOS/c1-10(2,3)9-8-7(4-5-13-8)6-11-12-9/h4,6,13H,5H2,1-3H3. The quantitative estimate of drug-likeness (QED) is 0.591. The minimum atomic E-state index is 0.0591. The van der Waals surface area contributed by atoms with Gasteiger partial charge in [-0.05, 0) is 0 Å². The largest absolute Gasteiger partial charge is 0.360 e. The molecule has 2 heterocycles. The third-order valence-corrected chi connectivity index (χ3v) is 3.21. The highest BCUT2D eigenvalue weighted by Gasteiger charge is 2.29. The van der Waals surface area contributed by atoms with Crippen LogP contribution in [0.2, 0.25) is 0 Å². The number of nitrogens with zero attached hydrogens (tertiary/aromatic N) is 1. The normalized spacial score (nSPS) is 21.3. The first-order valence-electron chi connectivity index (χ1n) is 4.42. The predicted octanol–water partition coefficient (Wildman–Crippen LogP) is 2.67. The highest BCUT2D eigenvalue weighted by atomic mass is 32.2. The van der Waals surface area contributed by atoms with Crippen molar-refractivity contribution in [3.8, 4) is 0 Å². The fourth-order valence-corrected chi connectivity index (χ4v) is 2.73. The van der Waals surface area contributed by atoms with Crippen molar-refractivity contribution in [2.24, 2.45) is 10.6 Å². The Kier molecular flexibility index (Phi) is 1.99. The van der Waals surface area contributed by atoms with Gasteiger partial charge in [-0.15, -0.1) is 0 Å². The maximum Gasteiger partial charge on any atom is 0.153 e. The van der Waals surface area contributed by atoms with Gasteiger partial charge in [0.15, 0.2) is 5.76 Å². The van der Waals surface area contributed by atoms with E-state index in [0.717, 1.165) is 11.5 Å². The van der Waals surface area contributed by atoms with Gasteiger partial charge in [0.1, 0.15) is 0 Å². The molecule has 0 bridgehead atoms. The van der Waals surface area contributed by atoms with Crippen LogP contribution in [0, 0.1) is 5.41 Å². The maximum absolute atomic E-state index is 5.36. The molecule has 13 heavy (non-hydrogen) atoms. The molecule has 0 amide bonds. The highest BCUT2D eigenvalue weighted by Crippen LogP contribution is 2.42. The lowest BCUT2D eigenvalue weighted by atomic mass is 9.92. The van der Waals surface area contributed by atoms with E-state index in [4.69, 9.17) is 4.84 Å². The molecule has 2 aliphatic rings. The molecule has 0 unspecified atom stereocenters. The predicted molar refractivity (Wildman–Crippen MR) is 58.0 cm³/mol. The summed E-state index contributed by atoms with van der Waals surface area (Å²) >= 11 is 1.35. The van der Waals surface area contributed by atoms with Crippen LogP contribution in [0.25, 0.3) is 0 Å². The van der Waals surface area contributed by atoms with Crippen LogP contribution in [-0.2, 0) is 4.84 Å². The van der Waals surface area contributed by atoms with Crippen LogP contribution in [0.1, 0.15) is 20.8 Å². The fourth-order valence-electron chi connectivity index (χ4n) is 1.41. The molecule has 0 saturated carbocycles. The molecule has 0 saturated heterocycles. The molecule has 0 fully saturated rings. The van der Waals surface area contributed by atoms with Gasteiger partial charge in [-0.3, -0.25) is 0 Å². The van der Waals surface area contributed by atoms with Crippen molar-refractivity contribution in [2.45, 2.75) is 20.8 Å². The Morgan fingerprint density at radius 2 is 2.23 bits per heavy atom. The number of hydrogen-bond donors (Lipinski definition) is 1. The molecule has 2 aliphatic heterocycles. The molecule has 3 heteroatoms. The SMILES string of the molecule is CC(C)(C)C1=C2[SH]CC=C2C=NO1. The Morgan fingerprint density at radius 3 is 2.92 bits per heavy atom. The van der Waals surface area contributed by atoms with Crippen molar-refractivity contribution in [2.75, 3.05) is 5.75 Å². The second kappa shape index (κ2) is 2.91. The number of hydrogen-bond acceptors (Lipinski definition) is 2. The molecule has 2 nitrogen and oxygen atoms in total. The summed E-state index contributed by atoms with van der Waals surface area (Å²) in [5.41, 5.74) is 1.31. The number of thiol groups is 1. The summed E-state index contributed by atoms with van der Waals surface area (Å²) in [6.45, 7) is 6.46. The van der Waals surface area contributed by atoms with Gasteiger partial charge in [0.25, 0.3) is 0 Å². The summed E-state index contributed by atoms with van der Waals surface area (Å²) in [7, 11) is 0. The summed E-state index contributed by atoms with van der Waals surface area (Å²) in [4.78, 5) is 6.68. The Morgan fingerprint density at radius 1 is 1.46 bits per heavy atom. The molecule has 0 atom stereocenters. The molecule has 0 aliphatic carbocycles. The van der Waals surface area contributed by atoms with Gasteiger partial charge in [-0.1, -0.05) is 32.0 Å². The second-order valence-corrected chi connectivity index (χ2v) is 5.38. The number of allylic oxidation sites excluding steroid dienone is 2. The van der Waals surface area contributed by atoms with Crippen LogP contribution in [-0.4, -0.2) is 12.0 Å². The number of fused-ring (bicyclic) bond motifs is 1. The zero-order valence-electron chi connectivity index (χ0n) is 8.16. The molecule has 1 radical (unpaired) electrons. The Hall–Kier alpha value is -0.700. The Balaban J connectivity index is 2.43. The van der Waals surface area contributed by atoms with Gasteiger partial charge < -0.3 is 4.84 Å².